The van der Waals surface area contributed by atoms with Crippen molar-refractivity contribution in [1.82, 2.24) is 5.43 Å². The molecule has 0 aromatic heterocycles. The molecule has 7 heteroatoms. The SMILES string of the molecule is O=C(NN=Cc1cccc(Cl)c1)C(=O)Nc1ccc(Cl)cc1. The van der Waals surface area contributed by atoms with Crippen molar-refractivity contribution in [2.24, 2.45) is 5.10 Å². The molecule has 22 heavy (non-hydrogen) atoms. The first kappa shape index (κ1) is 16.0. The van der Waals surface area contributed by atoms with E-state index in [1.807, 2.05) is 0 Å². The van der Waals surface area contributed by atoms with Gasteiger partial charge in [-0.15, -0.1) is 0 Å². The predicted octanol–water partition coefficient (Wildman–Crippen LogP) is 3.08. The van der Waals surface area contributed by atoms with Gasteiger partial charge in [0, 0.05) is 15.7 Å². The van der Waals surface area contributed by atoms with E-state index in [4.69, 9.17) is 23.2 Å². The van der Waals surface area contributed by atoms with E-state index >= 15 is 0 Å². The zero-order chi connectivity index (χ0) is 15.9. The zero-order valence-electron chi connectivity index (χ0n) is 11.2. The van der Waals surface area contributed by atoms with Gasteiger partial charge in [-0.05, 0) is 42.0 Å². The molecule has 0 aliphatic heterocycles. The van der Waals surface area contributed by atoms with Crippen molar-refractivity contribution in [3.63, 3.8) is 0 Å². The second kappa shape index (κ2) is 7.59. The van der Waals surface area contributed by atoms with Crippen LogP contribution in [0.1, 0.15) is 5.56 Å². The van der Waals surface area contributed by atoms with Crippen molar-refractivity contribution in [2.75, 3.05) is 5.32 Å². The standard InChI is InChI=1S/C15H11Cl2N3O2/c16-11-4-6-13(7-5-11)19-14(21)15(22)20-18-9-10-2-1-3-12(17)8-10/h1-9H,(H,19,21)(H,20,22). The highest BCUT2D eigenvalue weighted by Gasteiger charge is 2.12. The van der Waals surface area contributed by atoms with Crippen LogP contribution in [0, 0.1) is 0 Å². The van der Waals surface area contributed by atoms with Crippen LogP contribution < -0.4 is 10.7 Å². The van der Waals surface area contributed by atoms with Gasteiger partial charge in [0.25, 0.3) is 0 Å². The fourth-order valence-corrected chi connectivity index (χ4v) is 1.85. The first-order chi connectivity index (χ1) is 10.5. The van der Waals surface area contributed by atoms with Gasteiger partial charge < -0.3 is 5.32 Å². The second-order valence-corrected chi connectivity index (χ2v) is 5.09. The zero-order valence-corrected chi connectivity index (χ0v) is 12.7. The summed E-state index contributed by atoms with van der Waals surface area (Å²) in [7, 11) is 0. The van der Waals surface area contributed by atoms with Crippen LogP contribution in [0.3, 0.4) is 0 Å². The van der Waals surface area contributed by atoms with E-state index < -0.39 is 11.8 Å². The molecule has 2 amide bonds. The number of carbonyl (C=O) groups excluding carboxylic acids is 2. The predicted molar refractivity (Wildman–Crippen MR) is 87.3 cm³/mol. The first-order valence-corrected chi connectivity index (χ1v) is 6.96. The van der Waals surface area contributed by atoms with Crippen molar-refractivity contribution in [2.45, 2.75) is 0 Å². The molecule has 0 aliphatic rings. The normalized spacial score (nSPS) is 10.5. The molecule has 2 aromatic carbocycles. The van der Waals surface area contributed by atoms with Gasteiger partial charge in [0.2, 0.25) is 0 Å². The van der Waals surface area contributed by atoms with Crippen molar-refractivity contribution in [1.29, 1.82) is 0 Å². The van der Waals surface area contributed by atoms with Crippen LogP contribution in [0.5, 0.6) is 0 Å². The van der Waals surface area contributed by atoms with Gasteiger partial charge in [0.15, 0.2) is 0 Å². The van der Waals surface area contributed by atoms with E-state index in [0.29, 0.717) is 21.3 Å². The smallest absolute Gasteiger partial charge is 0.318 e. The number of benzene rings is 2. The van der Waals surface area contributed by atoms with Crippen LogP contribution in [0.15, 0.2) is 53.6 Å². The Hall–Kier alpha value is -2.37. The molecule has 2 aromatic rings. The maximum Gasteiger partial charge on any atom is 0.329 e. The number of hydrazone groups is 1. The van der Waals surface area contributed by atoms with Gasteiger partial charge in [0.1, 0.15) is 0 Å². The molecule has 0 bridgehead atoms. The number of nitrogens with zero attached hydrogens (tertiary/aromatic N) is 1. The third kappa shape index (κ3) is 4.87. The molecule has 2 rings (SSSR count). The lowest BCUT2D eigenvalue weighted by molar-refractivity contribution is -0.136. The molecule has 0 atom stereocenters. The summed E-state index contributed by atoms with van der Waals surface area (Å²) in [6.45, 7) is 0. The molecule has 5 nitrogen and oxygen atoms in total. The van der Waals surface area contributed by atoms with Crippen molar-refractivity contribution in [3.05, 3.63) is 64.1 Å². The molecule has 0 unspecified atom stereocenters. The summed E-state index contributed by atoms with van der Waals surface area (Å²) < 4.78 is 0. The van der Waals surface area contributed by atoms with Crippen molar-refractivity contribution < 1.29 is 9.59 Å². The summed E-state index contributed by atoms with van der Waals surface area (Å²) >= 11 is 11.5. The van der Waals surface area contributed by atoms with Crippen LogP contribution >= 0.6 is 23.2 Å². The minimum Gasteiger partial charge on any atom is -0.318 e. The fraction of sp³-hybridized carbons (Fsp3) is 0. The summed E-state index contributed by atoms with van der Waals surface area (Å²) in [4.78, 5) is 23.2. The lowest BCUT2D eigenvalue weighted by atomic mass is 10.2. The van der Waals surface area contributed by atoms with Gasteiger partial charge in [-0.2, -0.15) is 5.10 Å². The van der Waals surface area contributed by atoms with E-state index in [2.05, 4.69) is 15.8 Å². The quantitative estimate of drug-likeness (QED) is 0.514. The number of carbonyl (C=O) groups is 2. The van der Waals surface area contributed by atoms with Crippen LogP contribution in [0.2, 0.25) is 10.0 Å². The lowest BCUT2D eigenvalue weighted by Gasteiger charge is -2.03. The molecule has 0 saturated carbocycles. The number of amides is 2. The third-order valence-electron chi connectivity index (χ3n) is 2.54. The minimum atomic E-state index is -0.881. The average Bonchev–Trinajstić information content (AvgIpc) is 2.49. The topological polar surface area (TPSA) is 70.6 Å². The Bertz CT molecular complexity index is 715. The number of hydrogen-bond donors (Lipinski definition) is 2. The Kier molecular flexibility index (Phi) is 5.52. The lowest BCUT2D eigenvalue weighted by Crippen LogP contribution is -2.32. The van der Waals surface area contributed by atoms with Gasteiger partial charge >= 0.3 is 11.8 Å². The maximum atomic E-state index is 11.6. The maximum absolute atomic E-state index is 11.6. The summed E-state index contributed by atoms with van der Waals surface area (Å²) in [5, 5.41) is 7.20. The van der Waals surface area contributed by atoms with Crippen LogP contribution in [-0.4, -0.2) is 18.0 Å². The van der Waals surface area contributed by atoms with E-state index in [1.54, 1.807) is 48.5 Å². The highest BCUT2D eigenvalue weighted by Crippen LogP contribution is 2.13. The highest BCUT2D eigenvalue weighted by atomic mass is 35.5. The molecule has 112 valence electrons. The number of nitrogens with one attached hydrogen (secondary N) is 2. The Morgan fingerprint density at radius 3 is 2.36 bits per heavy atom. The van der Waals surface area contributed by atoms with E-state index in [9.17, 15) is 9.59 Å². The minimum absolute atomic E-state index is 0.461. The van der Waals surface area contributed by atoms with E-state index in [0.717, 1.165) is 0 Å². The molecule has 0 spiro atoms. The van der Waals surface area contributed by atoms with Gasteiger partial charge in [-0.3, -0.25) is 9.59 Å². The molecule has 0 radical (unpaired) electrons. The molecule has 2 N–H and O–H groups in total. The van der Waals surface area contributed by atoms with Crippen molar-refractivity contribution >= 4 is 46.9 Å². The molecular weight excluding hydrogens is 325 g/mol. The summed E-state index contributed by atoms with van der Waals surface area (Å²) in [6, 6.07) is 13.3. The fourth-order valence-electron chi connectivity index (χ4n) is 1.52. The Labute approximate surface area is 136 Å². The molecule has 0 aliphatic carbocycles. The average molecular weight is 336 g/mol. The Morgan fingerprint density at radius 2 is 1.68 bits per heavy atom. The van der Waals surface area contributed by atoms with Gasteiger partial charge in [-0.1, -0.05) is 35.3 Å². The van der Waals surface area contributed by atoms with E-state index in [1.165, 1.54) is 6.21 Å². The number of anilines is 1. The van der Waals surface area contributed by atoms with Crippen LogP contribution in [0.25, 0.3) is 0 Å². The Balaban J connectivity index is 1.89. The first-order valence-electron chi connectivity index (χ1n) is 6.20. The van der Waals surface area contributed by atoms with Gasteiger partial charge in [-0.25, -0.2) is 5.43 Å². The Morgan fingerprint density at radius 1 is 0.955 bits per heavy atom. The summed E-state index contributed by atoms with van der Waals surface area (Å²) in [5.41, 5.74) is 3.29. The van der Waals surface area contributed by atoms with Crippen molar-refractivity contribution in [3.8, 4) is 0 Å². The summed E-state index contributed by atoms with van der Waals surface area (Å²) in [5.74, 6) is -1.71. The van der Waals surface area contributed by atoms with Gasteiger partial charge in [0.05, 0.1) is 6.21 Å². The largest absolute Gasteiger partial charge is 0.329 e. The number of hydrogen-bond acceptors (Lipinski definition) is 3. The number of halogens is 2. The van der Waals surface area contributed by atoms with Crippen LogP contribution in [0.4, 0.5) is 5.69 Å². The molecular formula is C15H11Cl2N3O2. The highest BCUT2D eigenvalue weighted by molar-refractivity contribution is 6.39. The van der Waals surface area contributed by atoms with Crippen LogP contribution in [-0.2, 0) is 9.59 Å². The summed E-state index contributed by atoms with van der Waals surface area (Å²) in [6.07, 6.45) is 1.39. The molecule has 0 saturated heterocycles. The number of rotatable bonds is 3. The molecule has 0 fully saturated rings. The van der Waals surface area contributed by atoms with E-state index in [-0.39, 0.29) is 0 Å². The monoisotopic (exact) mass is 335 g/mol. The third-order valence-corrected chi connectivity index (χ3v) is 3.02. The second-order valence-electron chi connectivity index (χ2n) is 4.22. The molecule has 0 heterocycles.